The van der Waals surface area contributed by atoms with Crippen molar-refractivity contribution < 1.29 is 0 Å². The fraction of sp³-hybridized carbons (Fsp3) is 0.0667. The second-order valence-corrected chi connectivity index (χ2v) is 5.62. The van der Waals surface area contributed by atoms with Gasteiger partial charge in [-0.3, -0.25) is 9.20 Å². The zero-order valence-electron chi connectivity index (χ0n) is 10.6. The number of nitrogens with one attached hydrogen (secondary N) is 1. The van der Waals surface area contributed by atoms with Crippen molar-refractivity contribution in [3.8, 4) is 0 Å². The zero-order valence-corrected chi connectivity index (χ0v) is 12.7. The molecule has 1 N–H and O–H groups in total. The third-order valence-electron chi connectivity index (χ3n) is 2.94. The lowest BCUT2D eigenvalue weighted by molar-refractivity contribution is 0.971. The van der Waals surface area contributed by atoms with Gasteiger partial charge in [-0.25, -0.2) is 4.98 Å². The van der Waals surface area contributed by atoms with Gasteiger partial charge in [0.2, 0.25) is 0 Å². The molecule has 3 aromatic rings. The molecule has 0 atom stereocenters. The van der Waals surface area contributed by atoms with E-state index in [0.29, 0.717) is 12.2 Å². The van der Waals surface area contributed by atoms with Crippen LogP contribution in [0.2, 0.25) is 0 Å². The smallest absolute Gasteiger partial charge is 0.258 e. The molecular formula is C15H12IN3O. The Hall–Kier alpha value is -1.89. The van der Waals surface area contributed by atoms with E-state index in [2.05, 4.69) is 32.9 Å². The first-order valence-electron chi connectivity index (χ1n) is 6.19. The first-order chi connectivity index (χ1) is 9.72. The highest BCUT2D eigenvalue weighted by atomic mass is 127. The molecule has 4 nitrogen and oxygen atoms in total. The molecular weight excluding hydrogens is 365 g/mol. The number of rotatable bonds is 3. The van der Waals surface area contributed by atoms with E-state index in [0.717, 1.165) is 11.4 Å². The fourth-order valence-electron chi connectivity index (χ4n) is 1.95. The molecule has 100 valence electrons. The van der Waals surface area contributed by atoms with Crippen LogP contribution in [0.3, 0.4) is 0 Å². The highest BCUT2D eigenvalue weighted by molar-refractivity contribution is 14.1. The van der Waals surface area contributed by atoms with E-state index in [-0.39, 0.29) is 5.56 Å². The predicted molar refractivity (Wildman–Crippen MR) is 87.9 cm³/mol. The molecule has 2 heterocycles. The first-order valence-corrected chi connectivity index (χ1v) is 7.27. The first kappa shape index (κ1) is 13.1. The van der Waals surface area contributed by atoms with Crippen LogP contribution in [0.4, 0.5) is 5.69 Å². The van der Waals surface area contributed by atoms with Crippen LogP contribution in [0, 0.1) is 3.57 Å². The molecule has 0 aliphatic heterocycles. The third kappa shape index (κ3) is 2.82. The number of halogens is 1. The molecule has 1 aromatic carbocycles. The summed E-state index contributed by atoms with van der Waals surface area (Å²) in [6, 6.07) is 15.2. The summed E-state index contributed by atoms with van der Waals surface area (Å²) in [6.45, 7) is 0.529. The van der Waals surface area contributed by atoms with Gasteiger partial charge in [0.25, 0.3) is 5.56 Å². The summed E-state index contributed by atoms with van der Waals surface area (Å²) in [4.78, 5) is 16.4. The number of fused-ring (bicyclic) bond motifs is 1. The molecule has 0 unspecified atom stereocenters. The molecule has 0 saturated heterocycles. The third-order valence-corrected chi connectivity index (χ3v) is 3.66. The van der Waals surface area contributed by atoms with Crippen molar-refractivity contribution in [3.05, 3.63) is 74.3 Å². The molecule has 0 aliphatic carbocycles. The largest absolute Gasteiger partial charge is 0.379 e. The van der Waals surface area contributed by atoms with Crippen LogP contribution in [0.1, 0.15) is 5.69 Å². The van der Waals surface area contributed by atoms with Crippen molar-refractivity contribution in [2.45, 2.75) is 6.54 Å². The summed E-state index contributed by atoms with van der Waals surface area (Å²) >= 11 is 2.27. The fourth-order valence-corrected chi connectivity index (χ4v) is 2.31. The lowest BCUT2D eigenvalue weighted by Crippen LogP contribution is -2.16. The Labute approximate surface area is 129 Å². The monoisotopic (exact) mass is 377 g/mol. The summed E-state index contributed by atoms with van der Waals surface area (Å²) in [6.07, 6.45) is 1.72. The summed E-state index contributed by atoms with van der Waals surface area (Å²) in [7, 11) is 0. The molecule has 0 spiro atoms. The van der Waals surface area contributed by atoms with E-state index in [1.54, 1.807) is 12.3 Å². The number of benzene rings is 1. The molecule has 20 heavy (non-hydrogen) atoms. The Balaban J connectivity index is 1.84. The highest BCUT2D eigenvalue weighted by Crippen LogP contribution is 2.12. The number of nitrogens with zero attached hydrogens (tertiary/aromatic N) is 2. The van der Waals surface area contributed by atoms with Gasteiger partial charge in [0.05, 0.1) is 12.2 Å². The van der Waals surface area contributed by atoms with Crippen LogP contribution in [-0.4, -0.2) is 9.38 Å². The van der Waals surface area contributed by atoms with E-state index < -0.39 is 0 Å². The maximum absolute atomic E-state index is 11.9. The number of aromatic nitrogens is 2. The second kappa shape index (κ2) is 5.62. The van der Waals surface area contributed by atoms with Crippen molar-refractivity contribution in [1.82, 2.24) is 9.38 Å². The second-order valence-electron chi connectivity index (χ2n) is 4.38. The zero-order chi connectivity index (χ0) is 13.9. The number of hydrogen-bond acceptors (Lipinski definition) is 3. The summed E-state index contributed by atoms with van der Waals surface area (Å²) in [5.41, 5.74) is 2.36. The van der Waals surface area contributed by atoms with Gasteiger partial charge in [0, 0.05) is 21.5 Å². The van der Waals surface area contributed by atoms with Crippen LogP contribution in [0.15, 0.2) is 59.5 Å². The molecule has 5 heteroatoms. The number of hydrogen-bond donors (Lipinski definition) is 1. The topological polar surface area (TPSA) is 46.4 Å². The van der Waals surface area contributed by atoms with Gasteiger partial charge < -0.3 is 5.32 Å². The minimum atomic E-state index is -0.0602. The summed E-state index contributed by atoms with van der Waals surface area (Å²) < 4.78 is 2.73. The van der Waals surface area contributed by atoms with Gasteiger partial charge in [-0.1, -0.05) is 6.07 Å². The molecule has 0 radical (unpaired) electrons. The van der Waals surface area contributed by atoms with Crippen molar-refractivity contribution in [2.24, 2.45) is 0 Å². The Morgan fingerprint density at radius 1 is 1.15 bits per heavy atom. The van der Waals surface area contributed by atoms with Crippen LogP contribution >= 0.6 is 22.6 Å². The van der Waals surface area contributed by atoms with Gasteiger partial charge in [-0.05, 0) is 59.0 Å². The molecule has 0 amide bonds. The molecule has 0 aliphatic rings. The average Bonchev–Trinajstić information content (AvgIpc) is 2.47. The van der Waals surface area contributed by atoms with Crippen molar-refractivity contribution in [3.63, 3.8) is 0 Å². The number of anilines is 1. The van der Waals surface area contributed by atoms with E-state index >= 15 is 0 Å². The maximum atomic E-state index is 11.9. The van der Waals surface area contributed by atoms with Crippen molar-refractivity contribution in [1.29, 1.82) is 0 Å². The van der Waals surface area contributed by atoms with Gasteiger partial charge in [-0.2, -0.15) is 0 Å². The number of pyridine rings is 1. The van der Waals surface area contributed by atoms with Gasteiger partial charge in [-0.15, -0.1) is 0 Å². The van der Waals surface area contributed by atoms with Gasteiger partial charge >= 0.3 is 0 Å². The minimum Gasteiger partial charge on any atom is -0.379 e. The highest BCUT2D eigenvalue weighted by Gasteiger charge is 2.01. The molecule has 2 aromatic heterocycles. The minimum absolute atomic E-state index is 0.0602. The predicted octanol–water partition coefficient (Wildman–Crippen LogP) is 2.91. The quantitative estimate of drug-likeness (QED) is 0.715. The van der Waals surface area contributed by atoms with E-state index in [1.165, 1.54) is 7.97 Å². The van der Waals surface area contributed by atoms with Crippen molar-refractivity contribution >= 4 is 33.9 Å². The average molecular weight is 377 g/mol. The lowest BCUT2D eigenvalue weighted by atomic mass is 10.3. The standard InChI is InChI=1S/C15H12IN3O/c16-11-4-6-12(7-5-11)17-10-13-9-15(20)19-8-2-1-3-14(19)18-13/h1-9,17H,10H2. The van der Waals surface area contributed by atoms with Crippen LogP contribution in [-0.2, 0) is 6.54 Å². The SMILES string of the molecule is O=c1cc(CNc2ccc(I)cc2)nc2ccccn12. The Morgan fingerprint density at radius 3 is 2.75 bits per heavy atom. The van der Waals surface area contributed by atoms with Gasteiger partial charge in [0.1, 0.15) is 5.65 Å². The molecule has 0 bridgehead atoms. The summed E-state index contributed by atoms with van der Waals surface area (Å²) in [5.74, 6) is 0. The lowest BCUT2D eigenvalue weighted by Gasteiger charge is -2.07. The van der Waals surface area contributed by atoms with Crippen LogP contribution < -0.4 is 10.9 Å². The maximum Gasteiger partial charge on any atom is 0.258 e. The molecule has 0 saturated carbocycles. The summed E-state index contributed by atoms with van der Waals surface area (Å²) in [5, 5.41) is 3.27. The molecule has 0 fully saturated rings. The van der Waals surface area contributed by atoms with Crippen molar-refractivity contribution in [2.75, 3.05) is 5.32 Å². The van der Waals surface area contributed by atoms with E-state index in [4.69, 9.17) is 0 Å². The van der Waals surface area contributed by atoms with E-state index in [9.17, 15) is 4.79 Å². The molecule has 3 rings (SSSR count). The van der Waals surface area contributed by atoms with Gasteiger partial charge in [0.15, 0.2) is 0 Å². The van der Waals surface area contributed by atoms with Crippen LogP contribution in [0.5, 0.6) is 0 Å². The normalized spacial score (nSPS) is 10.7. The van der Waals surface area contributed by atoms with Crippen LogP contribution in [0.25, 0.3) is 5.65 Å². The Kier molecular flexibility index (Phi) is 3.68. The Morgan fingerprint density at radius 2 is 1.95 bits per heavy atom. The Bertz CT molecular complexity index is 796. The van der Waals surface area contributed by atoms with E-state index in [1.807, 2.05) is 42.5 Å².